The molecule has 140 valence electrons. The van der Waals surface area contributed by atoms with Crippen molar-refractivity contribution in [2.24, 2.45) is 0 Å². The van der Waals surface area contributed by atoms with Gasteiger partial charge in [-0.2, -0.15) is 0 Å². The molecule has 2 heterocycles. The monoisotopic (exact) mass is 357 g/mol. The van der Waals surface area contributed by atoms with Crippen molar-refractivity contribution in [3.8, 4) is 5.75 Å². The molecule has 2 aromatic rings. The summed E-state index contributed by atoms with van der Waals surface area (Å²) in [5.74, 6) is 1.75. The zero-order valence-electron chi connectivity index (χ0n) is 15.3. The van der Waals surface area contributed by atoms with Crippen LogP contribution in [0.4, 0.5) is 0 Å². The van der Waals surface area contributed by atoms with Crippen molar-refractivity contribution < 1.29 is 14.6 Å². The highest BCUT2D eigenvalue weighted by Crippen LogP contribution is 2.24. The predicted octanol–water partition coefficient (Wildman–Crippen LogP) is 2.27. The average molecular weight is 357 g/mol. The fourth-order valence-corrected chi connectivity index (χ4v) is 3.35. The van der Waals surface area contributed by atoms with Crippen LogP contribution in [-0.2, 0) is 17.8 Å². The molecule has 0 spiro atoms. The van der Waals surface area contributed by atoms with Crippen LogP contribution < -0.4 is 4.74 Å². The number of amides is 1. The van der Waals surface area contributed by atoms with Gasteiger partial charge in [0.15, 0.2) is 0 Å². The molecule has 6 heteroatoms. The van der Waals surface area contributed by atoms with Gasteiger partial charge in [0.1, 0.15) is 30.3 Å². The molecule has 1 atom stereocenters. The Bertz CT molecular complexity index is 716. The summed E-state index contributed by atoms with van der Waals surface area (Å²) >= 11 is 0. The van der Waals surface area contributed by atoms with Gasteiger partial charge in [-0.05, 0) is 31.4 Å². The van der Waals surface area contributed by atoms with Crippen LogP contribution in [0.2, 0.25) is 0 Å². The first-order valence-electron chi connectivity index (χ1n) is 9.28. The van der Waals surface area contributed by atoms with Crippen molar-refractivity contribution >= 4 is 5.91 Å². The van der Waals surface area contributed by atoms with Gasteiger partial charge in [-0.15, -0.1) is 0 Å². The molecule has 1 aromatic heterocycles. The summed E-state index contributed by atoms with van der Waals surface area (Å²) in [5.41, 5.74) is -0.894. The summed E-state index contributed by atoms with van der Waals surface area (Å²) in [5, 5.41) is 10.9. The molecular weight excluding hydrogens is 330 g/mol. The molecule has 0 aliphatic carbocycles. The number of rotatable bonds is 6. The molecule has 1 amide bonds. The van der Waals surface area contributed by atoms with Crippen LogP contribution in [0.3, 0.4) is 0 Å². The molecule has 1 fully saturated rings. The average Bonchev–Trinajstić information content (AvgIpc) is 3.01. The van der Waals surface area contributed by atoms with Gasteiger partial charge in [0.05, 0.1) is 0 Å². The first-order valence-corrected chi connectivity index (χ1v) is 9.28. The lowest BCUT2D eigenvalue weighted by molar-refractivity contribution is -0.132. The van der Waals surface area contributed by atoms with Gasteiger partial charge >= 0.3 is 0 Å². The van der Waals surface area contributed by atoms with E-state index in [4.69, 9.17) is 4.74 Å². The highest BCUT2D eigenvalue weighted by Gasteiger charge is 2.32. The topological polar surface area (TPSA) is 67.6 Å². The minimum atomic E-state index is -0.894. The summed E-state index contributed by atoms with van der Waals surface area (Å²) in [6, 6.07) is 9.51. The van der Waals surface area contributed by atoms with Gasteiger partial charge in [0.25, 0.3) is 0 Å². The zero-order valence-corrected chi connectivity index (χ0v) is 15.3. The predicted molar refractivity (Wildman–Crippen MR) is 98.9 cm³/mol. The maximum absolute atomic E-state index is 12.6. The third-order valence-electron chi connectivity index (χ3n) is 4.94. The van der Waals surface area contributed by atoms with Gasteiger partial charge < -0.3 is 19.3 Å². The Labute approximate surface area is 154 Å². The molecule has 3 rings (SSSR count). The molecule has 26 heavy (non-hydrogen) atoms. The quantitative estimate of drug-likeness (QED) is 0.861. The van der Waals surface area contributed by atoms with Crippen LogP contribution >= 0.6 is 0 Å². The van der Waals surface area contributed by atoms with Crippen LogP contribution in [0.15, 0.2) is 42.7 Å². The van der Waals surface area contributed by atoms with Crippen molar-refractivity contribution in [2.75, 3.05) is 19.7 Å². The molecule has 0 bridgehead atoms. The second-order valence-corrected chi connectivity index (χ2v) is 6.89. The van der Waals surface area contributed by atoms with Gasteiger partial charge in [0, 0.05) is 31.9 Å². The number of ether oxygens (including phenoxy) is 1. The standard InChI is InChI=1S/C20H27N3O3/c1-2-18-21-11-14-23(18)15-19(24)22-12-6-9-20(25,10-13-22)16-26-17-7-4-3-5-8-17/h3-5,7-8,11,14,25H,2,6,9-10,12-13,15-16H2,1H3. The summed E-state index contributed by atoms with van der Waals surface area (Å²) < 4.78 is 7.65. The van der Waals surface area contributed by atoms with Crippen LogP contribution in [0.25, 0.3) is 0 Å². The van der Waals surface area contributed by atoms with Crippen LogP contribution in [0, 0.1) is 0 Å². The van der Waals surface area contributed by atoms with Crippen LogP contribution in [-0.4, -0.2) is 50.8 Å². The lowest BCUT2D eigenvalue weighted by Crippen LogP contribution is -2.39. The largest absolute Gasteiger partial charge is 0.491 e. The third-order valence-corrected chi connectivity index (χ3v) is 4.94. The SMILES string of the molecule is CCc1nccn1CC(=O)N1CCCC(O)(COc2ccccc2)CC1. The van der Waals surface area contributed by atoms with Crippen molar-refractivity contribution in [3.63, 3.8) is 0 Å². The molecule has 0 radical (unpaired) electrons. The van der Waals surface area contributed by atoms with Crippen LogP contribution in [0.1, 0.15) is 32.0 Å². The zero-order chi connectivity index (χ0) is 18.4. The van der Waals surface area contributed by atoms with E-state index >= 15 is 0 Å². The number of imidazole rings is 1. The highest BCUT2D eigenvalue weighted by molar-refractivity contribution is 5.76. The number of carbonyl (C=O) groups excluding carboxylic acids is 1. The minimum Gasteiger partial charge on any atom is -0.491 e. The Morgan fingerprint density at radius 1 is 1.27 bits per heavy atom. The third kappa shape index (κ3) is 4.64. The number of aliphatic hydroxyl groups is 1. The van der Waals surface area contributed by atoms with Crippen molar-refractivity contribution in [1.82, 2.24) is 14.5 Å². The maximum atomic E-state index is 12.6. The lowest BCUT2D eigenvalue weighted by atomic mass is 9.96. The normalized spacial score (nSPS) is 20.6. The van der Waals surface area contributed by atoms with E-state index in [1.807, 2.05) is 52.9 Å². The van der Waals surface area contributed by atoms with E-state index in [9.17, 15) is 9.90 Å². The van der Waals surface area contributed by atoms with Gasteiger partial charge in [-0.3, -0.25) is 4.79 Å². The number of hydrogen-bond donors (Lipinski definition) is 1. The molecule has 0 saturated carbocycles. The Morgan fingerprint density at radius 2 is 2.08 bits per heavy atom. The number of benzene rings is 1. The molecule has 1 aromatic carbocycles. The second kappa shape index (κ2) is 8.36. The van der Waals surface area contributed by atoms with Crippen molar-refractivity contribution in [2.45, 2.75) is 44.8 Å². The Morgan fingerprint density at radius 3 is 2.85 bits per heavy atom. The van der Waals surface area contributed by atoms with E-state index in [1.54, 1.807) is 6.20 Å². The van der Waals surface area contributed by atoms with E-state index in [2.05, 4.69) is 4.98 Å². The fraction of sp³-hybridized carbons (Fsp3) is 0.500. The molecule has 1 N–H and O–H groups in total. The van der Waals surface area contributed by atoms with Crippen LogP contribution in [0.5, 0.6) is 5.75 Å². The summed E-state index contributed by atoms with van der Waals surface area (Å²) in [6.45, 7) is 3.80. The Hall–Kier alpha value is -2.34. The molecule has 1 saturated heterocycles. The summed E-state index contributed by atoms with van der Waals surface area (Å²) in [4.78, 5) is 18.8. The number of aromatic nitrogens is 2. The summed E-state index contributed by atoms with van der Waals surface area (Å²) in [6.07, 6.45) is 6.31. The number of likely N-dealkylation sites (tertiary alicyclic amines) is 1. The van der Waals surface area contributed by atoms with E-state index < -0.39 is 5.60 Å². The molecule has 1 aliphatic rings. The van der Waals surface area contributed by atoms with E-state index in [1.165, 1.54) is 0 Å². The van der Waals surface area contributed by atoms with Gasteiger partial charge in [-0.1, -0.05) is 25.1 Å². The van der Waals surface area contributed by atoms with E-state index in [0.717, 1.165) is 24.4 Å². The van der Waals surface area contributed by atoms with E-state index in [0.29, 0.717) is 32.5 Å². The number of nitrogens with zero attached hydrogens (tertiary/aromatic N) is 3. The minimum absolute atomic E-state index is 0.0749. The number of para-hydroxylation sites is 1. The lowest BCUT2D eigenvalue weighted by Gasteiger charge is -2.27. The molecule has 6 nitrogen and oxygen atoms in total. The smallest absolute Gasteiger partial charge is 0.242 e. The molecule has 1 unspecified atom stereocenters. The molecule has 1 aliphatic heterocycles. The number of hydrogen-bond acceptors (Lipinski definition) is 4. The first kappa shape index (κ1) is 18.5. The summed E-state index contributed by atoms with van der Waals surface area (Å²) in [7, 11) is 0. The maximum Gasteiger partial charge on any atom is 0.242 e. The molecular formula is C20H27N3O3. The van der Waals surface area contributed by atoms with Gasteiger partial charge in [-0.25, -0.2) is 4.98 Å². The Kier molecular flexibility index (Phi) is 5.93. The van der Waals surface area contributed by atoms with E-state index in [-0.39, 0.29) is 12.5 Å². The fourth-order valence-electron chi connectivity index (χ4n) is 3.35. The highest BCUT2D eigenvalue weighted by atomic mass is 16.5. The first-order chi connectivity index (χ1) is 12.6. The number of aryl methyl sites for hydroxylation is 1. The van der Waals surface area contributed by atoms with Crippen molar-refractivity contribution in [3.05, 3.63) is 48.5 Å². The second-order valence-electron chi connectivity index (χ2n) is 6.89. The Balaban J connectivity index is 1.54. The van der Waals surface area contributed by atoms with Crippen molar-refractivity contribution in [1.29, 1.82) is 0 Å². The van der Waals surface area contributed by atoms with Gasteiger partial charge in [0.2, 0.25) is 5.91 Å². The number of carbonyl (C=O) groups is 1.